The molecule has 1 heterocycles. The van der Waals surface area contributed by atoms with E-state index < -0.39 is 0 Å². The summed E-state index contributed by atoms with van der Waals surface area (Å²) in [7, 11) is 1.88. The van der Waals surface area contributed by atoms with Crippen LogP contribution in [0.4, 0.5) is 0 Å². The molecule has 1 amide bonds. The monoisotopic (exact) mass is 226 g/mol. The average Bonchev–Trinajstić information content (AvgIpc) is 2.27. The molecule has 0 bridgehead atoms. The molecular weight excluding hydrogens is 204 g/mol. The summed E-state index contributed by atoms with van der Waals surface area (Å²) >= 11 is 0. The second kappa shape index (κ2) is 5.15. The van der Waals surface area contributed by atoms with Crippen molar-refractivity contribution >= 4 is 5.91 Å². The van der Waals surface area contributed by atoms with Gasteiger partial charge in [0.25, 0.3) is 5.91 Å². The van der Waals surface area contributed by atoms with Crippen LogP contribution in [0.2, 0.25) is 0 Å². The molecule has 4 heteroatoms. The van der Waals surface area contributed by atoms with Gasteiger partial charge in [-0.1, -0.05) is 0 Å². The van der Waals surface area contributed by atoms with E-state index in [-0.39, 0.29) is 12.0 Å². The summed E-state index contributed by atoms with van der Waals surface area (Å²) in [5, 5.41) is 0. The molecule has 16 heavy (non-hydrogen) atoms. The maximum atomic E-state index is 12.0. The summed E-state index contributed by atoms with van der Waals surface area (Å²) in [6.07, 6.45) is 5.01. The van der Waals surface area contributed by atoms with E-state index in [0.29, 0.717) is 12.0 Å². The predicted octanol–water partition coefficient (Wildman–Crippen LogP) is 0.751. The number of hydrogen-bond donors (Lipinski definition) is 1. The van der Waals surface area contributed by atoms with Gasteiger partial charge in [-0.15, -0.1) is 0 Å². The zero-order valence-corrected chi connectivity index (χ0v) is 10.0. The molecule has 1 atom stereocenters. The van der Waals surface area contributed by atoms with Crippen molar-refractivity contribution in [2.24, 2.45) is 11.7 Å². The molecule has 1 saturated heterocycles. The summed E-state index contributed by atoms with van der Waals surface area (Å²) in [5.41, 5.74) is 5.74. The Bertz CT molecular complexity index is 245. The van der Waals surface area contributed by atoms with E-state index in [4.69, 9.17) is 10.5 Å². The molecule has 2 N–H and O–H groups in total. The van der Waals surface area contributed by atoms with E-state index in [9.17, 15) is 4.79 Å². The highest BCUT2D eigenvalue weighted by Gasteiger charge is 2.30. The van der Waals surface area contributed by atoms with Crippen LogP contribution in [0.25, 0.3) is 0 Å². The lowest BCUT2D eigenvalue weighted by molar-refractivity contribution is -0.146. The highest BCUT2D eigenvalue weighted by molar-refractivity contribution is 5.80. The first-order valence-corrected chi connectivity index (χ1v) is 6.29. The summed E-state index contributed by atoms with van der Waals surface area (Å²) in [6.45, 7) is 1.57. The molecule has 92 valence electrons. The van der Waals surface area contributed by atoms with Crippen molar-refractivity contribution in [2.75, 3.05) is 20.2 Å². The fraction of sp³-hybridized carbons (Fsp3) is 0.917. The van der Waals surface area contributed by atoms with Gasteiger partial charge in [-0.25, -0.2) is 0 Å². The smallest absolute Gasteiger partial charge is 0.251 e. The number of ether oxygens (including phenoxy) is 1. The average molecular weight is 226 g/mol. The van der Waals surface area contributed by atoms with Gasteiger partial charge in [0.05, 0.1) is 0 Å². The van der Waals surface area contributed by atoms with Crippen LogP contribution in [-0.4, -0.2) is 43.2 Å². The fourth-order valence-electron chi connectivity index (χ4n) is 2.59. The van der Waals surface area contributed by atoms with Crippen molar-refractivity contribution in [2.45, 2.75) is 44.2 Å². The molecule has 0 aromatic rings. The minimum absolute atomic E-state index is 0.153. The Hall–Kier alpha value is -0.610. The Kier molecular flexibility index (Phi) is 3.82. The Morgan fingerprint density at radius 2 is 2.19 bits per heavy atom. The standard InChI is InChI=1S/C12H22N2O2/c1-14(8-9-6-10(13)7-9)12(15)11-4-2-3-5-16-11/h9-11H,2-8,13H2,1H3. The molecule has 1 aliphatic heterocycles. The first-order chi connectivity index (χ1) is 7.66. The molecule has 0 spiro atoms. The SMILES string of the molecule is CN(CC1CC(N)C1)C(=O)C1CCCCO1. The summed E-state index contributed by atoms with van der Waals surface area (Å²) in [5.74, 6) is 0.757. The number of rotatable bonds is 3. The van der Waals surface area contributed by atoms with Crippen molar-refractivity contribution < 1.29 is 9.53 Å². The molecule has 1 unspecified atom stereocenters. The van der Waals surface area contributed by atoms with E-state index in [0.717, 1.165) is 45.3 Å². The molecule has 2 aliphatic rings. The maximum absolute atomic E-state index is 12.0. The molecule has 2 fully saturated rings. The molecule has 0 radical (unpaired) electrons. The lowest BCUT2D eigenvalue weighted by Crippen LogP contribution is -2.46. The zero-order chi connectivity index (χ0) is 11.5. The van der Waals surface area contributed by atoms with Gasteiger partial charge in [0.1, 0.15) is 6.10 Å². The number of carbonyl (C=O) groups excluding carboxylic acids is 1. The molecule has 1 aliphatic carbocycles. The van der Waals surface area contributed by atoms with Crippen LogP contribution in [0.5, 0.6) is 0 Å². The Morgan fingerprint density at radius 1 is 1.44 bits per heavy atom. The van der Waals surface area contributed by atoms with Crippen LogP contribution >= 0.6 is 0 Å². The van der Waals surface area contributed by atoms with E-state index in [1.54, 1.807) is 0 Å². The quantitative estimate of drug-likeness (QED) is 0.772. The van der Waals surface area contributed by atoms with Crippen molar-refractivity contribution in [1.82, 2.24) is 4.90 Å². The first kappa shape index (κ1) is 11.9. The zero-order valence-electron chi connectivity index (χ0n) is 10.0. The van der Waals surface area contributed by atoms with Crippen molar-refractivity contribution in [3.8, 4) is 0 Å². The van der Waals surface area contributed by atoms with Gasteiger partial charge in [0.2, 0.25) is 0 Å². The Labute approximate surface area is 97.1 Å². The van der Waals surface area contributed by atoms with Crippen LogP contribution in [0.3, 0.4) is 0 Å². The van der Waals surface area contributed by atoms with Gasteiger partial charge < -0.3 is 15.4 Å². The lowest BCUT2D eigenvalue weighted by Gasteiger charge is -2.36. The van der Waals surface area contributed by atoms with Crippen molar-refractivity contribution in [3.05, 3.63) is 0 Å². The third-order valence-electron chi connectivity index (χ3n) is 3.64. The summed E-state index contributed by atoms with van der Waals surface area (Å²) in [4.78, 5) is 13.9. The van der Waals surface area contributed by atoms with Crippen LogP contribution in [0, 0.1) is 5.92 Å². The third-order valence-corrected chi connectivity index (χ3v) is 3.64. The summed E-state index contributed by atoms with van der Waals surface area (Å²) in [6, 6.07) is 0.361. The highest BCUT2D eigenvalue weighted by atomic mass is 16.5. The maximum Gasteiger partial charge on any atom is 0.251 e. The third kappa shape index (κ3) is 2.74. The number of nitrogens with two attached hydrogens (primary N) is 1. The topological polar surface area (TPSA) is 55.6 Å². The van der Waals surface area contributed by atoms with Gasteiger partial charge in [0, 0.05) is 26.2 Å². The van der Waals surface area contributed by atoms with Crippen LogP contribution < -0.4 is 5.73 Å². The molecule has 1 saturated carbocycles. The molecule has 0 aromatic heterocycles. The fourth-order valence-corrected chi connectivity index (χ4v) is 2.59. The van der Waals surface area contributed by atoms with Gasteiger partial charge in [0.15, 0.2) is 0 Å². The van der Waals surface area contributed by atoms with Crippen molar-refractivity contribution in [1.29, 1.82) is 0 Å². The van der Waals surface area contributed by atoms with Gasteiger partial charge in [-0.05, 0) is 38.0 Å². The number of nitrogens with zero attached hydrogens (tertiary/aromatic N) is 1. The largest absolute Gasteiger partial charge is 0.368 e. The Balaban J connectivity index is 1.74. The van der Waals surface area contributed by atoms with Crippen molar-refractivity contribution in [3.63, 3.8) is 0 Å². The number of likely N-dealkylation sites (N-methyl/N-ethyl adjacent to an activating group) is 1. The minimum atomic E-state index is -0.188. The highest BCUT2D eigenvalue weighted by Crippen LogP contribution is 2.26. The second-order valence-electron chi connectivity index (χ2n) is 5.17. The second-order valence-corrected chi connectivity index (χ2v) is 5.17. The molecule has 4 nitrogen and oxygen atoms in total. The van der Waals surface area contributed by atoms with Crippen LogP contribution in [0.1, 0.15) is 32.1 Å². The van der Waals surface area contributed by atoms with E-state index in [2.05, 4.69) is 0 Å². The van der Waals surface area contributed by atoms with E-state index in [1.807, 2.05) is 11.9 Å². The molecule has 2 rings (SSSR count). The predicted molar refractivity (Wildman–Crippen MR) is 61.9 cm³/mol. The van der Waals surface area contributed by atoms with Gasteiger partial charge in [-0.2, -0.15) is 0 Å². The van der Waals surface area contributed by atoms with Gasteiger partial charge >= 0.3 is 0 Å². The molecular formula is C12H22N2O2. The first-order valence-electron chi connectivity index (χ1n) is 6.29. The number of carbonyl (C=O) groups is 1. The van der Waals surface area contributed by atoms with E-state index in [1.165, 1.54) is 0 Å². The van der Waals surface area contributed by atoms with Crippen LogP contribution in [0.15, 0.2) is 0 Å². The van der Waals surface area contributed by atoms with Gasteiger partial charge in [-0.3, -0.25) is 4.79 Å². The Morgan fingerprint density at radius 3 is 2.75 bits per heavy atom. The number of hydrogen-bond acceptors (Lipinski definition) is 3. The molecule has 0 aromatic carbocycles. The lowest BCUT2D eigenvalue weighted by atomic mass is 9.80. The normalized spacial score (nSPS) is 34.2. The number of amides is 1. The summed E-state index contributed by atoms with van der Waals surface area (Å²) < 4.78 is 5.50. The van der Waals surface area contributed by atoms with Crippen LogP contribution in [-0.2, 0) is 9.53 Å². The minimum Gasteiger partial charge on any atom is -0.368 e. The van der Waals surface area contributed by atoms with E-state index >= 15 is 0 Å².